The van der Waals surface area contributed by atoms with Crippen LogP contribution in [0.3, 0.4) is 0 Å². The standard InChI is InChI=1S/C12H12BrClN4O2/c1-20-12-9(13)3-8(14)4-10(12)18-6-7(2-11(18)19)5-16-17-15/h3-4,7H,2,5-6H2,1H3. The Labute approximate surface area is 129 Å². The third-order valence-corrected chi connectivity index (χ3v) is 3.90. The fourth-order valence-corrected chi connectivity index (χ4v) is 3.19. The van der Waals surface area contributed by atoms with Gasteiger partial charge in [0.2, 0.25) is 5.91 Å². The highest BCUT2D eigenvalue weighted by Crippen LogP contribution is 2.40. The number of carbonyl (C=O) groups is 1. The number of ether oxygens (including phenoxy) is 1. The van der Waals surface area contributed by atoms with Crippen LogP contribution in [0.15, 0.2) is 21.7 Å². The molecule has 20 heavy (non-hydrogen) atoms. The summed E-state index contributed by atoms with van der Waals surface area (Å²) >= 11 is 9.40. The molecule has 1 amide bonds. The average molecular weight is 360 g/mol. The predicted octanol–water partition coefficient (Wildman–Crippen LogP) is 3.77. The van der Waals surface area contributed by atoms with Gasteiger partial charge < -0.3 is 9.64 Å². The minimum atomic E-state index is -0.0318. The number of hydrogen-bond donors (Lipinski definition) is 0. The lowest BCUT2D eigenvalue weighted by atomic mass is 10.1. The number of benzene rings is 1. The molecule has 8 heteroatoms. The molecule has 1 aliphatic rings. The maximum atomic E-state index is 12.1. The first-order valence-electron chi connectivity index (χ1n) is 5.91. The molecule has 1 aliphatic heterocycles. The molecule has 1 aromatic rings. The predicted molar refractivity (Wildman–Crippen MR) is 80.2 cm³/mol. The maximum absolute atomic E-state index is 12.1. The number of amides is 1. The Balaban J connectivity index is 2.32. The number of carbonyl (C=O) groups excluding carboxylic acids is 1. The first kappa shape index (κ1) is 15.0. The summed E-state index contributed by atoms with van der Waals surface area (Å²) in [6.07, 6.45) is 0.353. The van der Waals surface area contributed by atoms with Crippen molar-refractivity contribution in [3.63, 3.8) is 0 Å². The second-order valence-corrected chi connectivity index (χ2v) is 5.72. The number of halogens is 2. The van der Waals surface area contributed by atoms with Gasteiger partial charge in [-0.05, 0) is 39.5 Å². The second-order valence-electron chi connectivity index (χ2n) is 4.43. The Bertz CT molecular complexity index is 589. The van der Waals surface area contributed by atoms with Gasteiger partial charge in [0.1, 0.15) is 0 Å². The van der Waals surface area contributed by atoms with Crippen molar-refractivity contribution in [3.8, 4) is 5.75 Å². The first-order valence-corrected chi connectivity index (χ1v) is 7.08. The van der Waals surface area contributed by atoms with Crippen LogP contribution in [0.25, 0.3) is 10.4 Å². The first-order chi connectivity index (χ1) is 9.56. The van der Waals surface area contributed by atoms with Gasteiger partial charge in [-0.25, -0.2) is 0 Å². The van der Waals surface area contributed by atoms with Crippen LogP contribution < -0.4 is 9.64 Å². The van der Waals surface area contributed by atoms with E-state index in [2.05, 4.69) is 26.0 Å². The fourth-order valence-electron chi connectivity index (χ4n) is 2.24. The Morgan fingerprint density at radius 3 is 3.05 bits per heavy atom. The summed E-state index contributed by atoms with van der Waals surface area (Å²) in [5.74, 6) is 0.545. The van der Waals surface area contributed by atoms with Gasteiger partial charge in [0.15, 0.2) is 5.75 Å². The van der Waals surface area contributed by atoms with Crippen molar-refractivity contribution >= 4 is 39.1 Å². The average Bonchev–Trinajstić information content (AvgIpc) is 2.76. The zero-order valence-corrected chi connectivity index (χ0v) is 13.1. The van der Waals surface area contributed by atoms with E-state index >= 15 is 0 Å². The van der Waals surface area contributed by atoms with Crippen LogP contribution in [0.2, 0.25) is 5.02 Å². The van der Waals surface area contributed by atoms with Gasteiger partial charge in [-0.2, -0.15) is 0 Å². The lowest BCUT2D eigenvalue weighted by molar-refractivity contribution is -0.117. The van der Waals surface area contributed by atoms with Crippen LogP contribution in [-0.2, 0) is 4.79 Å². The molecule has 1 unspecified atom stereocenters. The van der Waals surface area contributed by atoms with Crippen molar-refractivity contribution < 1.29 is 9.53 Å². The number of nitrogens with zero attached hydrogens (tertiary/aromatic N) is 4. The molecule has 1 heterocycles. The topological polar surface area (TPSA) is 78.3 Å². The van der Waals surface area contributed by atoms with Crippen molar-refractivity contribution in [1.82, 2.24) is 0 Å². The van der Waals surface area contributed by atoms with Gasteiger partial charge >= 0.3 is 0 Å². The highest BCUT2D eigenvalue weighted by Gasteiger charge is 2.32. The minimum Gasteiger partial charge on any atom is -0.493 e. The van der Waals surface area contributed by atoms with Crippen molar-refractivity contribution in [2.75, 3.05) is 25.1 Å². The van der Waals surface area contributed by atoms with E-state index < -0.39 is 0 Å². The highest BCUT2D eigenvalue weighted by molar-refractivity contribution is 9.10. The van der Waals surface area contributed by atoms with E-state index in [0.717, 1.165) is 0 Å². The van der Waals surface area contributed by atoms with E-state index in [-0.39, 0.29) is 11.8 Å². The van der Waals surface area contributed by atoms with Crippen LogP contribution in [0.1, 0.15) is 6.42 Å². The normalized spacial score (nSPS) is 18.1. The summed E-state index contributed by atoms with van der Waals surface area (Å²) in [5.41, 5.74) is 8.97. The quantitative estimate of drug-likeness (QED) is 0.466. The molecule has 0 bridgehead atoms. The Morgan fingerprint density at radius 2 is 2.40 bits per heavy atom. The molecule has 2 rings (SSSR count). The molecule has 1 atom stereocenters. The van der Waals surface area contributed by atoms with E-state index in [1.807, 2.05) is 0 Å². The second kappa shape index (κ2) is 6.35. The molecule has 1 aromatic carbocycles. The number of methoxy groups -OCH3 is 1. The van der Waals surface area contributed by atoms with Gasteiger partial charge in [-0.3, -0.25) is 4.79 Å². The monoisotopic (exact) mass is 358 g/mol. The fraction of sp³-hybridized carbons (Fsp3) is 0.417. The largest absolute Gasteiger partial charge is 0.493 e. The van der Waals surface area contributed by atoms with Gasteiger partial charge in [-0.15, -0.1) is 0 Å². The summed E-state index contributed by atoms with van der Waals surface area (Å²) in [4.78, 5) is 16.5. The van der Waals surface area contributed by atoms with Crippen LogP contribution >= 0.6 is 27.5 Å². The van der Waals surface area contributed by atoms with E-state index in [1.165, 1.54) is 7.11 Å². The maximum Gasteiger partial charge on any atom is 0.227 e. The SMILES string of the molecule is COc1c(Br)cc(Cl)cc1N1CC(CN=[N+]=[N-])CC1=O. The molecule has 1 fully saturated rings. The van der Waals surface area contributed by atoms with E-state index in [1.54, 1.807) is 17.0 Å². The van der Waals surface area contributed by atoms with Crippen molar-refractivity contribution in [2.24, 2.45) is 11.0 Å². The number of hydrogen-bond acceptors (Lipinski definition) is 3. The smallest absolute Gasteiger partial charge is 0.227 e. The minimum absolute atomic E-state index is 0.0147. The summed E-state index contributed by atoms with van der Waals surface area (Å²) in [5, 5.41) is 4.04. The molecule has 1 saturated heterocycles. The van der Waals surface area contributed by atoms with Crippen molar-refractivity contribution in [1.29, 1.82) is 0 Å². The van der Waals surface area contributed by atoms with Crippen LogP contribution in [0, 0.1) is 5.92 Å². The summed E-state index contributed by atoms with van der Waals surface area (Å²) in [6, 6.07) is 3.40. The molecule has 0 radical (unpaired) electrons. The van der Waals surface area contributed by atoms with Crippen LogP contribution in [-0.4, -0.2) is 26.1 Å². The summed E-state index contributed by atoms with van der Waals surface area (Å²) in [7, 11) is 1.54. The Morgan fingerprint density at radius 1 is 1.65 bits per heavy atom. The Hall–Kier alpha value is -1.43. The van der Waals surface area contributed by atoms with E-state index in [4.69, 9.17) is 21.9 Å². The number of anilines is 1. The van der Waals surface area contributed by atoms with Gasteiger partial charge in [0.25, 0.3) is 0 Å². The molecule has 0 saturated carbocycles. The molecule has 106 valence electrons. The number of rotatable bonds is 4. The lowest BCUT2D eigenvalue weighted by Gasteiger charge is -2.20. The van der Waals surface area contributed by atoms with E-state index in [0.29, 0.717) is 40.4 Å². The molecular formula is C12H12BrClN4O2. The van der Waals surface area contributed by atoms with Crippen molar-refractivity contribution in [2.45, 2.75) is 6.42 Å². The highest BCUT2D eigenvalue weighted by atomic mass is 79.9. The lowest BCUT2D eigenvalue weighted by Crippen LogP contribution is -2.25. The molecule has 6 nitrogen and oxygen atoms in total. The van der Waals surface area contributed by atoms with Crippen LogP contribution in [0.4, 0.5) is 5.69 Å². The van der Waals surface area contributed by atoms with Crippen molar-refractivity contribution in [3.05, 3.63) is 32.1 Å². The molecule has 0 spiro atoms. The van der Waals surface area contributed by atoms with Gasteiger partial charge in [-0.1, -0.05) is 16.7 Å². The van der Waals surface area contributed by atoms with Gasteiger partial charge in [0, 0.05) is 29.4 Å². The molecule has 0 aromatic heterocycles. The Kier molecular flexibility index (Phi) is 4.75. The summed E-state index contributed by atoms with van der Waals surface area (Å²) in [6.45, 7) is 0.795. The zero-order valence-electron chi connectivity index (χ0n) is 10.7. The third-order valence-electron chi connectivity index (χ3n) is 3.09. The summed E-state index contributed by atoms with van der Waals surface area (Å²) < 4.78 is 6.02. The molecule has 0 N–H and O–H groups in total. The van der Waals surface area contributed by atoms with Crippen LogP contribution in [0.5, 0.6) is 5.75 Å². The number of azide groups is 1. The third kappa shape index (κ3) is 3.00. The zero-order chi connectivity index (χ0) is 14.7. The molecule has 0 aliphatic carbocycles. The van der Waals surface area contributed by atoms with E-state index in [9.17, 15) is 4.79 Å². The van der Waals surface area contributed by atoms with Gasteiger partial charge in [0.05, 0.1) is 17.3 Å². The molecular weight excluding hydrogens is 348 g/mol.